The molecule has 3 saturated heterocycles. The van der Waals surface area contributed by atoms with Crippen molar-refractivity contribution in [3.63, 3.8) is 0 Å². The molecule has 2 amide bonds. The molecule has 6 aromatic rings. The van der Waals surface area contributed by atoms with Gasteiger partial charge in [0.2, 0.25) is 0 Å². The minimum atomic E-state index is -0.766. The van der Waals surface area contributed by atoms with Crippen molar-refractivity contribution < 1.29 is 37.2 Å². The number of anilines is 2. The van der Waals surface area contributed by atoms with Crippen molar-refractivity contribution >= 4 is 75.6 Å². The summed E-state index contributed by atoms with van der Waals surface area (Å²) in [7, 11) is -0.766. The molecule has 10 nitrogen and oxygen atoms in total. The molecule has 0 bridgehead atoms. The number of cyclic esters (lactones) is 2. The van der Waals surface area contributed by atoms with Crippen LogP contribution in [0.5, 0.6) is 0 Å². The van der Waals surface area contributed by atoms with E-state index in [4.69, 9.17) is 18.8 Å². The zero-order valence-corrected chi connectivity index (χ0v) is 43.0. The fourth-order valence-electron chi connectivity index (χ4n) is 7.33. The van der Waals surface area contributed by atoms with Crippen molar-refractivity contribution in [2.24, 2.45) is 0 Å². The molecule has 360 valence electrons. The van der Waals surface area contributed by atoms with Gasteiger partial charge in [0.05, 0.1) is 35.7 Å². The first kappa shape index (κ1) is 51.6. The van der Waals surface area contributed by atoms with Crippen LogP contribution in [-0.4, -0.2) is 65.3 Å². The van der Waals surface area contributed by atoms with Gasteiger partial charge in [-0.15, -0.1) is 23.5 Å². The molecule has 3 fully saturated rings. The molecule has 2 aromatic heterocycles. The lowest BCUT2D eigenvalue weighted by Crippen LogP contribution is -2.41. The van der Waals surface area contributed by atoms with Crippen molar-refractivity contribution in [2.45, 2.75) is 106 Å². The van der Waals surface area contributed by atoms with Crippen molar-refractivity contribution in [3.05, 3.63) is 161 Å². The van der Waals surface area contributed by atoms with Crippen LogP contribution in [0.3, 0.4) is 0 Å². The Bertz CT molecular complexity index is 2680. The Hall–Kier alpha value is -5.26. The van der Waals surface area contributed by atoms with E-state index in [1.54, 1.807) is 48.4 Å². The van der Waals surface area contributed by atoms with Gasteiger partial charge in [0.25, 0.3) is 0 Å². The van der Waals surface area contributed by atoms with Gasteiger partial charge in [-0.1, -0.05) is 48.0 Å². The van der Waals surface area contributed by atoms with E-state index >= 15 is 0 Å². The molecule has 0 saturated carbocycles. The Labute approximate surface area is 421 Å². The molecule has 0 radical (unpaired) electrons. The second-order valence-corrected chi connectivity index (χ2v) is 21.0. The van der Waals surface area contributed by atoms with Crippen LogP contribution in [-0.2, 0) is 30.3 Å². The first-order valence-corrected chi connectivity index (χ1v) is 25.6. The van der Waals surface area contributed by atoms with Crippen LogP contribution in [0, 0.1) is 11.6 Å². The lowest BCUT2D eigenvalue weighted by molar-refractivity contribution is 0.00578. The number of halogens is 3. The van der Waals surface area contributed by atoms with Gasteiger partial charge >= 0.3 is 19.3 Å². The van der Waals surface area contributed by atoms with Crippen LogP contribution >= 0.6 is 39.5 Å². The molecule has 4 aromatic carbocycles. The Morgan fingerprint density at radius 2 is 1.20 bits per heavy atom. The summed E-state index contributed by atoms with van der Waals surface area (Å²) in [6.07, 6.45) is 7.66. The van der Waals surface area contributed by atoms with Gasteiger partial charge < -0.3 is 18.8 Å². The average Bonchev–Trinajstić information content (AvgIpc) is 3.96. The normalized spacial score (nSPS) is 19.0. The average molecular weight is 1040 g/mol. The van der Waals surface area contributed by atoms with E-state index in [2.05, 4.69) is 50.2 Å². The molecular weight excluding hydrogens is 981 g/mol. The number of carbonyl (C=O) groups excluding carboxylic acids is 2. The number of thioether (sulfide) groups is 2. The molecular formula is C53H56BBrF2N4O6S2. The first-order chi connectivity index (χ1) is 33.0. The molecule has 0 N–H and O–H groups in total. The molecule has 3 aliphatic heterocycles. The second kappa shape index (κ2) is 22.7. The molecule has 2 atom stereocenters. The fourth-order valence-corrected chi connectivity index (χ4v) is 9.30. The predicted octanol–water partition coefficient (Wildman–Crippen LogP) is 13.3. The molecule has 3 aliphatic rings. The van der Waals surface area contributed by atoms with Crippen LogP contribution in [0.4, 0.5) is 29.7 Å². The predicted molar refractivity (Wildman–Crippen MR) is 276 cm³/mol. The third-order valence-electron chi connectivity index (χ3n) is 12.5. The molecule has 0 spiro atoms. The highest BCUT2D eigenvalue weighted by molar-refractivity contribution is 9.10. The molecule has 5 heterocycles. The minimum absolute atomic E-state index is 0.150. The number of ether oxygens (including phenoxy) is 2. The number of rotatable bonds is 12. The van der Waals surface area contributed by atoms with E-state index in [1.807, 2.05) is 121 Å². The summed E-state index contributed by atoms with van der Waals surface area (Å²) in [5, 5.41) is 0. The van der Waals surface area contributed by atoms with Crippen molar-refractivity contribution in [1.82, 2.24) is 9.97 Å². The molecule has 16 heteroatoms. The van der Waals surface area contributed by atoms with E-state index < -0.39 is 41.9 Å². The van der Waals surface area contributed by atoms with Gasteiger partial charge in [0.15, 0.2) is 0 Å². The fraction of sp³-hybridized carbons (Fsp3) is 0.321. The number of aromatic nitrogens is 2. The zero-order chi connectivity index (χ0) is 49.3. The van der Waals surface area contributed by atoms with Crippen molar-refractivity contribution in [3.8, 4) is 11.1 Å². The first-order valence-electron chi connectivity index (χ1n) is 22.8. The van der Waals surface area contributed by atoms with Gasteiger partial charge in [-0.2, -0.15) is 0 Å². The van der Waals surface area contributed by atoms with Gasteiger partial charge in [-0.25, -0.2) is 18.4 Å². The summed E-state index contributed by atoms with van der Waals surface area (Å²) in [6.45, 7) is 14.4. The number of amides is 2. The van der Waals surface area contributed by atoms with E-state index in [-0.39, 0.29) is 11.9 Å². The zero-order valence-electron chi connectivity index (χ0n) is 39.8. The van der Waals surface area contributed by atoms with E-state index in [0.29, 0.717) is 41.9 Å². The third kappa shape index (κ3) is 13.1. The number of pyridine rings is 2. The minimum Gasteiger partial charge on any atom is -0.444 e. The van der Waals surface area contributed by atoms with Gasteiger partial charge in [0, 0.05) is 61.6 Å². The lowest BCUT2D eigenvalue weighted by Gasteiger charge is -2.32. The number of hydrogen-bond donors (Lipinski definition) is 0. The number of benzene rings is 4. The maximum absolute atomic E-state index is 14.9. The second-order valence-electron chi connectivity index (χ2n) is 18.0. The Kier molecular flexibility index (Phi) is 16.9. The van der Waals surface area contributed by atoms with Crippen molar-refractivity contribution in [1.29, 1.82) is 0 Å². The smallest absolute Gasteiger partial charge is 0.444 e. The largest absolute Gasteiger partial charge is 0.497 e. The van der Waals surface area contributed by atoms with Crippen LogP contribution in [0.1, 0.15) is 72.4 Å². The summed E-state index contributed by atoms with van der Waals surface area (Å²) in [5.74, 6) is 1.03. The van der Waals surface area contributed by atoms with Crippen LogP contribution in [0.15, 0.2) is 148 Å². The van der Waals surface area contributed by atoms with Crippen molar-refractivity contribution in [2.75, 3.05) is 22.9 Å². The summed E-state index contributed by atoms with van der Waals surface area (Å²) in [4.78, 5) is 37.5. The number of hydrogen-bond acceptors (Lipinski definition) is 10. The van der Waals surface area contributed by atoms with E-state index in [9.17, 15) is 18.4 Å². The Morgan fingerprint density at radius 3 is 1.70 bits per heavy atom. The number of carbonyl (C=O) groups is 2. The van der Waals surface area contributed by atoms with Gasteiger partial charge in [0.1, 0.15) is 23.3 Å². The maximum Gasteiger partial charge on any atom is 0.497 e. The summed E-state index contributed by atoms with van der Waals surface area (Å²) in [6, 6.07) is 33.8. The molecule has 9 rings (SSSR count). The van der Waals surface area contributed by atoms with E-state index in [1.165, 1.54) is 38.0 Å². The standard InChI is InChI=1S/C24H23FN2O2S.C17H23BFNO4.C12H10BrNS/c1-3-24(2)16-27(23(28)29-24)19-6-9-21(22(25)14-19)18-4-7-20(8-5-18)30-15-17-10-12-26-13-11-17;1-6-12-10-20(15(21)22-12)11-7-8-13(14(19)9-11)18-23-16(2,3)17(4,5)24-18;13-11-1-3-12(4-2-11)15-9-10-5-7-14-8-6-10/h4-14H,3,15-16H2,1-2H3;7-9,12H,6,10H2,1-5H3;1-8H,9H2/t24-;12-;/m00./s1. The SMILES string of the molecule is Brc1ccc(SCc2ccncc2)cc1.CC[C@@]1(C)CN(c2ccc(-c3ccc(SCc4ccncc4)cc3)c(F)c2)C(=O)O1.CC[C@H]1CN(c2ccc(B3OC(C)(C)C(C)(C)O3)c(F)c2)C(=O)O1. The van der Waals surface area contributed by atoms with Gasteiger partial charge in [-0.3, -0.25) is 19.8 Å². The number of nitrogens with zero attached hydrogens (tertiary/aromatic N) is 4. The summed E-state index contributed by atoms with van der Waals surface area (Å²) in [5.41, 5.74) is 3.55. The van der Waals surface area contributed by atoms with Gasteiger partial charge in [-0.05, 0) is 155 Å². The van der Waals surface area contributed by atoms with Crippen LogP contribution in [0.2, 0.25) is 0 Å². The highest BCUT2D eigenvalue weighted by Gasteiger charge is 2.52. The quantitative estimate of drug-likeness (QED) is 0.0869. The third-order valence-corrected chi connectivity index (χ3v) is 15.2. The summed E-state index contributed by atoms with van der Waals surface area (Å²) >= 11 is 6.98. The highest BCUT2D eigenvalue weighted by atomic mass is 79.9. The Balaban J connectivity index is 0.000000161. The molecule has 0 aliphatic carbocycles. The van der Waals surface area contributed by atoms with Crippen LogP contribution in [0.25, 0.3) is 11.1 Å². The summed E-state index contributed by atoms with van der Waals surface area (Å²) < 4.78 is 53.1. The topological polar surface area (TPSA) is 103 Å². The van der Waals surface area contributed by atoms with Crippen LogP contribution < -0.4 is 15.3 Å². The highest BCUT2D eigenvalue weighted by Crippen LogP contribution is 2.38. The lowest BCUT2D eigenvalue weighted by atomic mass is 9.78. The molecule has 0 unspecified atom stereocenters. The van der Waals surface area contributed by atoms with E-state index in [0.717, 1.165) is 32.9 Å². The Morgan fingerprint density at radius 1 is 0.681 bits per heavy atom. The monoisotopic (exact) mass is 1040 g/mol. The maximum atomic E-state index is 14.9. The molecule has 69 heavy (non-hydrogen) atoms.